The number of hydrogen-bond donors (Lipinski definition) is 1. The number of ether oxygens (including phenoxy) is 1. The Morgan fingerprint density at radius 3 is 2.55 bits per heavy atom. The Balaban J connectivity index is 1.82. The third-order valence-electron chi connectivity index (χ3n) is 2.78. The van der Waals surface area contributed by atoms with Crippen LogP contribution in [0.2, 0.25) is 0 Å². The molecule has 3 nitrogen and oxygen atoms in total. The van der Waals surface area contributed by atoms with Crippen LogP contribution in [0, 0.1) is 17.8 Å². The molecule has 0 amide bonds. The van der Waals surface area contributed by atoms with Gasteiger partial charge in [0.15, 0.2) is 0 Å². The van der Waals surface area contributed by atoms with E-state index in [2.05, 4.69) is 4.74 Å². The van der Waals surface area contributed by atoms with Crippen LogP contribution in [-0.4, -0.2) is 19.1 Å². The van der Waals surface area contributed by atoms with Gasteiger partial charge in [-0.05, 0) is 24.7 Å². The molecule has 3 heteroatoms. The Morgan fingerprint density at radius 2 is 2.09 bits per heavy atom. The third-order valence-corrected chi connectivity index (χ3v) is 2.78. The van der Waals surface area contributed by atoms with E-state index in [1.54, 1.807) is 0 Å². The van der Waals surface area contributed by atoms with Gasteiger partial charge < -0.3 is 10.5 Å². The minimum atomic E-state index is -0.0471. The standard InChI is InChI=1S/C8H13NO2/c1-11-8(10)6-2-4(6)5-3-7(5)9/h4-7H,2-3,9H2,1H3. The van der Waals surface area contributed by atoms with E-state index in [1.165, 1.54) is 7.11 Å². The Bertz CT molecular complexity index is 193. The van der Waals surface area contributed by atoms with E-state index in [4.69, 9.17) is 5.73 Å². The fraction of sp³-hybridized carbons (Fsp3) is 0.875. The van der Waals surface area contributed by atoms with Crippen molar-refractivity contribution in [2.75, 3.05) is 7.11 Å². The van der Waals surface area contributed by atoms with Gasteiger partial charge in [-0.3, -0.25) is 4.79 Å². The molecule has 0 aromatic heterocycles. The van der Waals surface area contributed by atoms with Crippen LogP contribution in [0.4, 0.5) is 0 Å². The van der Waals surface area contributed by atoms with Crippen LogP contribution in [0.5, 0.6) is 0 Å². The second-order valence-corrected chi connectivity index (χ2v) is 3.59. The summed E-state index contributed by atoms with van der Waals surface area (Å²) in [7, 11) is 1.45. The number of hydrogen-bond acceptors (Lipinski definition) is 3. The van der Waals surface area contributed by atoms with E-state index in [0.29, 0.717) is 17.9 Å². The lowest BCUT2D eigenvalue weighted by atomic mass is 10.2. The molecule has 2 N–H and O–H groups in total. The molecule has 0 heterocycles. The first kappa shape index (κ1) is 7.10. The van der Waals surface area contributed by atoms with Gasteiger partial charge in [0, 0.05) is 6.04 Å². The first-order chi connectivity index (χ1) is 5.24. The molecule has 0 aliphatic heterocycles. The van der Waals surface area contributed by atoms with E-state index in [-0.39, 0.29) is 11.9 Å². The second kappa shape index (κ2) is 2.21. The Hall–Kier alpha value is -0.570. The topological polar surface area (TPSA) is 52.3 Å². The van der Waals surface area contributed by atoms with Crippen LogP contribution in [0.15, 0.2) is 0 Å². The molecule has 4 unspecified atom stereocenters. The molecule has 0 radical (unpaired) electrons. The molecule has 2 aliphatic carbocycles. The Kier molecular flexibility index (Phi) is 1.42. The Morgan fingerprint density at radius 1 is 1.45 bits per heavy atom. The predicted molar refractivity (Wildman–Crippen MR) is 39.7 cm³/mol. The lowest BCUT2D eigenvalue weighted by Crippen LogP contribution is -2.08. The van der Waals surface area contributed by atoms with Crippen molar-refractivity contribution in [1.29, 1.82) is 0 Å². The van der Waals surface area contributed by atoms with Gasteiger partial charge in [0.1, 0.15) is 0 Å². The van der Waals surface area contributed by atoms with Crippen molar-refractivity contribution in [3.8, 4) is 0 Å². The summed E-state index contributed by atoms with van der Waals surface area (Å²) in [5.74, 6) is 1.31. The summed E-state index contributed by atoms with van der Waals surface area (Å²) in [6.45, 7) is 0. The average Bonchev–Trinajstić information content (AvgIpc) is 2.81. The molecule has 0 bridgehead atoms. The lowest BCUT2D eigenvalue weighted by Gasteiger charge is -1.95. The highest BCUT2D eigenvalue weighted by Crippen LogP contribution is 2.53. The molecule has 62 valence electrons. The van der Waals surface area contributed by atoms with Crippen molar-refractivity contribution in [3.05, 3.63) is 0 Å². The fourth-order valence-corrected chi connectivity index (χ4v) is 1.84. The van der Waals surface area contributed by atoms with Crippen molar-refractivity contribution >= 4 is 5.97 Å². The van der Waals surface area contributed by atoms with Crippen LogP contribution >= 0.6 is 0 Å². The van der Waals surface area contributed by atoms with Crippen molar-refractivity contribution in [1.82, 2.24) is 0 Å². The van der Waals surface area contributed by atoms with E-state index < -0.39 is 0 Å². The van der Waals surface area contributed by atoms with Gasteiger partial charge in [-0.25, -0.2) is 0 Å². The summed E-state index contributed by atoms with van der Waals surface area (Å²) in [6, 6.07) is 0.370. The number of rotatable bonds is 2. The molecule has 2 aliphatic rings. The molecule has 0 aromatic carbocycles. The minimum absolute atomic E-state index is 0.0471. The molecule has 2 saturated carbocycles. The van der Waals surface area contributed by atoms with E-state index >= 15 is 0 Å². The number of carbonyl (C=O) groups is 1. The first-order valence-corrected chi connectivity index (χ1v) is 4.07. The highest BCUT2D eigenvalue weighted by atomic mass is 16.5. The van der Waals surface area contributed by atoms with Gasteiger partial charge in [-0.1, -0.05) is 0 Å². The van der Waals surface area contributed by atoms with Crippen LogP contribution in [-0.2, 0) is 9.53 Å². The van der Waals surface area contributed by atoms with Crippen molar-refractivity contribution in [2.24, 2.45) is 23.5 Å². The summed E-state index contributed by atoms with van der Waals surface area (Å²) in [5.41, 5.74) is 5.66. The minimum Gasteiger partial charge on any atom is -0.469 e. The third kappa shape index (κ3) is 1.13. The maximum Gasteiger partial charge on any atom is 0.308 e. The summed E-state index contributed by atoms with van der Waals surface area (Å²) in [5, 5.41) is 0. The van der Waals surface area contributed by atoms with Crippen molar-refractivity contribution < 1.29 is 9.53 Å². The highest BCUT2D eigenvalue weighted by molar-refractivity contribution is 5.75. The summed E-state index contributed by atoms with van der Waals surface area (Å²) in [4.78, 5) is 11.0. The average molecular weight is 155 g/mol. The SMILES string of the molecule is COC(=O)C1CC1C1CC1N. The van der Waals surface area contributed by atoms with E-state index in [9.17, 15) is 4.79 Å². The molecule has 11 heavy (non-hydrogen) atoms. The van der Waals surface area contributed by atoms with Crippen LogP contribution in [0.1, 0.15) is 12.8 Å². The number of carbonyl (C=O) groups excluding carboxylic acids is 1. The van der Waals surface area contributed by atoms with Gasteiger partial charge in [0.25, 0.3) is 0 Å². The van der Waals surface area contributed by atoms with Gasteiger partial charge in [0.05, 0.1) is 13.0 Å². The summed E-state index contributed by atoms with van der Waals surface area (Å²) >= 11 is 0. The molecule has 2 fully saturated rings. The summed E-state index contributed by atoms with van der Waals surface area (Å²) < 4.78 is 4.64. The van der Waals surface area contributed by atoms with Crippen molar-refractivity contribution in [2.45, 2.75) is 18.9 Å². The van der Waals surface area contributed by atoms with Gasteiger partial charge in [-0.2, -0.15) is 0 Å². The molecular formula is C8H13NO2. The number of nitrogens with two attached hydrogens (primary N) is 1. The van der Waals surface area contributed by atoms with Crippen LogP contribution in [0.3, 0.4) is 0 Å². The second-order valence-electron chi connectivity index (χ2n) is 3.59. The zero-order valence-corrected chi connectivity index (χ0v) is 6.62. The lowest BCUT2D eigenvalue weighted by molar-refractivity contribution is -0.142. The molecule has 2 rings (SSSR count). The zero-order chi connectivity index (χ0) is 8.01. The predicted octanol–water partition coefficient (Wildman–Crippen LogP) is 0.143. The molecule has 0 aromatic rings. The Labute approximate surface area is 65.9 Å². The monoisotopic (exact) mass is 155 g/mol. The fourth-order valence-electron chi connectivity index (χ4n) is 1.84. The maximum absolute atomic E-state index is 11.0. The number of methoxy groups -OCH3 is 1. The van der Waals surface area contributed by atoms with Gasteiger partial charge in [-0.15, -0.1) is 0 Å². The molecule has 0 saturated heterocycles. The van der Waals surface area contributed by atoms with Crippen LogP contribution in [0.25, 0.3) is 0 Å². The smallest absolute Gasteiger partial charge is 0.308 e. The van der Waals surface area contributed by atoms with Gasteiger partial charge >= 0.3 is 5.97 Å². The quantitative estimate of drug-likeness (QED) is 0.577. The largest absolute Gasteiger partial charge is 0.469 e. The summed E-state index contributed by atoms with van der Waals surface area (Å²) in [6.07, 6.45) is 2.11. The van der Waals surface area contributed by atoms with Gasteiger partial charge in [0.2, 0.25) is 0 Å². The van der Waals surface area contributed by atoms with Crippen molar-refractivity contribution in [3.63, 3.8) is 0 Å². The maximum atomic E-state index is 11.0. The zero-order valence-electron chi connectivity index (χ0n) is 6.62. The van der Waals surface area contributed by atoms with E-state index in [1.807, 2.05) is 0 Å². The highest BCUT2D eigenvalue weighted by Gasteiger charge is 2.55. The van der Waals surface area contributed by atoms with E-state index in [0.717, 1.165) is 12.8 Å². The number of esters is 1. The first-order valence-electron chi connectivity index (χ1n) is 4.07. The molecular weight excluding hydrogens is 142 g/mol. The molecule has 4 atom stereocenters. The van der Waals surface area contributed by atoms with Crippen LogP contribution < -0.4 is 5.73 Å². The molecule has 0 spiro atoms. The normalized spacial score (nSPS) is 46.7.